The molecule has 0 radical (unpaired) electrons. The summed E-state index contributed by atoms with van der Waals surface area (Å²) < 4.78 is 7.70. The van der Waals surface area contributed by atoms with Crippen LogP contribution >= 0.6 is 0 Å². The number of likely N-dealkylation sites (tertiary alicyclic amines) is 1. The number of aromatic nitrogens is 1. The topological polar surface area (TPSA) is 116 Å². The first kappa shape index (κ1) is 20.2. The highest BCUT2D eigenvalue weighted by atomic mass is 16.5. The zero-order valence-corrected chi connectivity index (χ0v) is 17.3. The van der Waals surface area contributed by atoms with Crippen molar-refractivity contribution in [3.63, 3.8) is 0 Å². The van der Waals surface area contributed by atoms with Crippen molar-refractivity contribution in [2.24, 2.45) is 10.4 Å². The molecule has 2 aromatic rings. The van der Waals surface area contributed by atoms with E-state index in [9.17, 15) is 0 Å². The molecule has 0 amide bonds. The summed E-state index contributed by atoms with van der Waals surface area (Å²) in [7, 11) is 1.86. The van der Waals surface area contributed by atoms with Crippen LogP contribution in [0.15, 0.2) is 41.5 Å². The van der Waals surface area contributed by atoms with E-state index in [4.69, 9.17) is 21.3 Å². The van der Waals surface area contributed by atoms with E-state index in [-0.39, 0.29) is 6.10 Å². The maximum Gasteiger partial charge on any atom is 0.121 e. The fourth-order valence-electron chi connectivity index (χ4n) is 4.51. The molecule has 1 aliphatic carbocycles. The van der Waals surface area contributed by atoms with E-state index in [1.165, 1.54) is 12.6 Å². The molecule has 8 nitrogen and oxygen atoms in total. The van der Waals surface area contributed by atoms with Gasteiger partial charge in [-0.25, -0.2) is 0 Å². The number of nitrogen functional groups attached to an aromatic ring is 1. The zero-order valence-electron chi connectivity index (χ0n) is 17.3. The molecule has 1 spiro atoms. The number of nitrogens with one attached hydrogen (secondary N) is 3. The molecule has 2 fully saturated rings. The SMILES string of the molecule is CNc1cc(OC2CC3(C2)CN(CCN=c2ccn(C=N)c(N)c2)C3)ccc1C=N. The molecule has 1 aromatic carbocycles. The fraction of sp³-hybridized carbons (Fsp3) is 0.409. The Hall–Kier alpha value is -3.13. The van der Waals surface area contributed by atoms with Gasteiger partial charge in [0.15, 0.2) is 0 Å². The minimum atomic E-state index is 0.278. The third-order valence-electron chi connectivity index (χ3n) is 6.04. The van der Waals surface area contributed by atoms with E-state index in [1.807, 2.05) is 31.3 Å². The predicted octanol–water partition coefficient (Wildman–Crippen LogP) is 2.01. The number of pyridine rings is 1. The number of benzene rings is 1. The molecule has 0 atom stereocenters. The van der Waals surface area contributed by atoms with Gasteiger partial charge in [-0.05, 0) is 31.0 Å². The third-order valence-corrected chi connectivity index (χ3v) is 6.04. The van der Waals surface area contributed by atoms with Gasteiger partial charge >= 0.3 is 0 Å². The summed E-state index contributed by atoms with van der Waals surface area (Å²) in [6, 6.07) is 9.51. The summed E-state index contributed by atoms with van der Waals surface area (Å²) in [5.41, 5.74) is 8.07. The first-order valence-corrected chi connectivity index (χ1v) is 10.2. The standard InChI is InChI=1S/C22H29N7O/c1-26-20-9-18(3-2-16(20)12-23)30-19-10-22(11-19)13-28(14-22)7-5-27-17-4-6-29(15-24)21(25)8-17/h2-4,6,8-9,12,15,19,23-24,26H,5,7,10-11,13-14,25H2,1H3. The number of hydrogen-bond acceptors (Lipinski definition) is 7. The van der Waals surface area contributed by atoms with Crippen LogP contribution in [0.3, 0.4) is 0 Å². The second-order valence-corrected chi connectivity index (χ2v) is 8.23. The molecular weight excluding hydrogens is 378 g/mol. The molecule has 1 aliphatic heterocycles. The van der Waals surface area contributed by atoms with Crippen LogP contribution in [0, 0.1) is 16.2 Å². The number of ether oxygens (including phenoxy) is 1. The normalized spacial score (nSPS) is 18.5. The Bertz CT molecular complexity index is 999. The minimum absolute atomic E-state index is 0.278. The molecule has 8 heteroatoms. The van der Waals surface area contributed by atoms with Crippen LogP contribution in [0.1, 0.15) is 18.4 Å². The summed E-state index contributed by atoms with van der Waals surface area (Å²) in [6.07, 6.45) is 6.76. The van der Waals surface area contributed by atoms with E-state index in [1.54, 1.807) is 16.8 Å². The van der Waals surface area contributed by atoms with Crippen LogP contribution in [0.5, 0.6) is 5.75 Å². The quantitative estimate of drug-likeness (QED) is 0.396. The minimum Gasteiger partial charge on any atom is -0.490 e. The lowest BCUT2D eigenvalue weighted by Gasteiger charge is -2.58. The maximum atomic E-state index is 7.44. The van der Waals surface area contributed by atoms with Gasteiger partial charge < -0.3 is 26.1 Å². The van der Waals surface area contributed by atoms with Crippen molar-refractivity contribution in [1.29, 1.82) is 10.8 Å². The Balaban J connectivity index is 1.21. The highest BCUT2D eigenvalue weighted by molar-refractivity contribution is 5.86. The van der Waals surface area contributed by atoms with Crippen molar-refractivity contribution in [3.05, 3.63) is 47.4 Å². The van der Waals surface area contributed by atoms with E-state index in [0.717, 1.165) is 61.4 Å². The molecule has 30 heavy (non-hydrogen) atoms. The Morgan fingerprint density at radius 1 is 1.27 bits per heavy atom. The van der Waals surface area contributed by atoms with Crippen molar-refractivity contribution >= 4 is 24.1 Å². The maximum absolute atomic E-state index is 7.44. The molecule has 2 heterocycles. The van der Waals surface area contributed by atoms with Gasteiger partial charge in [0.2, 0.25) is 0 Å². The molecule has 2 aliphatic rings. The highest BCUT2D eigenvalue weighted by Gasteiger charge is 2.53. The molecule has 5 N–H and O–H groups in total. The van der Waals surface area contributed by atoms with E-state index < -0.39 is 0 Å². The Morgan fingerprint density at radius 3 is 2.73 bits per heavy atom. The monoisotopic (exact) mass is 407 g/mol. The van der Waals surface area contributed by atoms with Gasteiger partial charge in [-0.15, -0.1) is 0 Å². The smallest absolute Gasteiger partial charge is 0.121 e. The molecule has 4 rings (SSSR count). The van der Waals surface area contributed by atoms with Gasteiger partial charge in [-0.1, -0.05) is 0 Å². The van der Waals surface area contributed by atoms with Gasteiger partial charge in [0.05, 0.1) is 24.3 Å². The molecule has 1 saturated carbocycles. The molecule has 1 saturated heterocycles. The van der Waals surface area contributed by atoms with Gasteiger partial charge in [0.1, 0.15) is 11.6 Å². The van der Waals surface area contributed by atoms with Gasteiger partial charge in [-0.3, -0.25) is 15.0 Å². The summed E-state index contributed by atoms with van der Waals surface area (Å²) in [5, 5.41) is 18.7. The first-order chi connectivity index (χ1) is 14.5. The molecular formula is C22H29N7O. The predicted molar refractivity (Wildman–Crippen MR) is 120 cm³/mol. The zero-order chi connectivity index (χ0) is 21.1. The van der Waals surface area contributed by atoms with Crippen LogP contribution in [0.25, 0.3) is 0 Å². The first-order valence-electron chi connectivity index (χ1n) is 10.2. The van der Waals surface area contributed by atoms with Gasteiger partial charge in [0.25, 0.3) is 0 Å². The Labute approximate surface area is 176 Å². The van der Waals surface area contributed by atoms with E-state index in [0.29, 0.717) is 11.2 Å². The Kier molecular flexibility index (Phi) is 5.59. The van der Waals surface area contributed by atoms with Crippen LogP contribution < -0.4 is 21.1 Å². The average Bonchev–Trinajstić information content (AvgIpc) is 2.70. The Morgan fingerprint density at radius 2 is 2.07 bits per heavy atom. The molecule has 1 aromatic heterocycles. The van der Waals surface area contributed by atoms with Crippen molar-refractivity contribution in [3.8, 4) is 5.75 Å². The largest absolute Gasteiger partial charge is 0.490 e. The van der Waals surface area contributed by atoms with Crippen LogP contribution in [0.2, 0.25) is 0 Å². The fourth-order valence-corrected chi connectivity index (χ4v) is 4.51. The average molecular weight is 408 g/mol. The highest BCUT2D eigenvalue weighted by Crippen LogP contribution is 2.49. The molecule has 0 bridgehead atoms. The van der Waals surface area contributed by atoms with Gasteiger partial charge in [0, 0.05) is 67.9 Å². The lowest BCUT2D eigenvalue weighted by molar-refractivity contribution is -0.117. The number of anilines is 2. The van der Waals surface area contributed by atoms with Crippen molar-refractivity contribution in [2.75, 3.05) is 44.3 Å². The van der Waals surface area contributed by atoms with Crippen molar-refractivity contribution in [1.82, 2.24) is 9.47 Å². The van der Waals surface area contributed by atoms with Gasteiger partial charge in [-0.2, -0.15) is 0 Å². The lowest BCUT2D eigenvalue weighted by atomic mass is 9.62. The second kappa shape index (κ2) is 8.31. The van der Waals surface area contributed by atoms with Crippen molar-refractivity contribution in [2.45, 2.75) is 18.9 Å². The van der Waals surface area contributed by atoms with Crippen LogP contribution in [0.4, 0.5) is 11.5 Å². The summed E-state index contributed by atoms with van der Waals surface area (Å²) in [4.78, 5) is 7.05. The third kappa shape index (κ3) is 4.09. The summed E-state index contributed by atoms with van der Waals surface area (Å²) >= 11 is 0. The van der Waals surface area contributed by atoms with E-state index in [2.05, 4.69) is 15.2 Å². The summed E-state index contributed by atoms with van der Waals surface area (Å²) in [5.74, 6) is 1.38. The number of hydrogen-bond donors (Lipinski definition) is 4. The molecule has 0 unspecified atom stereocenters. The summed E-state index contributed by atoms with van der Waals surface area (Å²) in [6.45, 7) is 3.92. The number of rotatable bonds is 8. The van der Waals surface area contributed by atoms with E-state index >= 15 is 0 Å². The second-order valence-electron chi connectivity index (χ2n) is 8.23. The van der Waals surface area contributed by atoms with Crippen molar-refractivity contribution < 1.29 is 4.74 Å². The van der Waals surface area contributed by atoms with Crippen LogP contribution in [-0.4, -0.2) is 61.4 Å². The lowest BCUT2D eigenvalue weighted by Crippen LogP contribution is -2.64. The van der Waals surface area contributed by atoms with Crippen LogP contribution in [-0.2, 0) is 0 Å². The molecule has 158 valence electrons. The number of nitrogens with zero attached hydrogens (tertiary/aromatic N) is 3. The number of nitrogens with two attached hydrogens (primary N) is 1.